The van der Waals surface area contributed by atoms with E-state index in [4.69, 9.17) is 10.8 Å². The highest BCUT2D eigenvalue weighted by molar-refractivity contribution is 7.11. The van der Waals surface area contributed by atoms with E-state index >= 15 is 0 Å². The molecule has 13 heavy (non-hydrogen) atoms. The van der Waals surface area contributed by atoms with Gasteiger partial charge in [-0.3, -0.25) is 4.79 Å². The van der Waals surface area contributed by atoms with Crippen molar-refractivity contribution in [2.24, 2.45) is 5.73 Å². The Kier molecular flexibility index (Phi) is 3.39. The molecule has 0 aliphatic rings. The molecule has 1 aromatic heterocycles. The van der Waals surface area contributed by atoms with Crippen molar-refractivity contribution < 1.29 is 9.90 Å². The lowest BCUT2D eigenvalue weighted by Gasteiger charge is -2.02. The topological polar surface area (TPSA) is 76.2 Å². The lowest BCUT2D eigenvalue weighted by atomic mass is 10.2. The Labute approximate surface area is 80.4 Å². The van der Waals surface area contributed by atoms with Gasteiger partial charge in [0.15, 0.2) is 0 Å². The van der Waals surface area contributed by atoms with Gasteiger partial charge in [-0.2, -0.15) is 0 Å². The first-order chi connectivity index (χ1) is 6.13. The average Bonchev–Trinajstić information content (AvgIpc) is 2.50. The molecule has 0 saturated carbocycles. The van der Waals surface area contributed by atoms with Gasteiger partial charge in [-0.15, -0.1) is 11.3 Å². The van der Waals surface area contributed by atoms with E-state index in [1.807, 2.05) is 6.92 Å². The number of carbonyl (C=O) groups is 1. The van der Waals surface area contributed by atoms with Crippen LogP contribution in [0.25, 0.3) is 0 Å². The smallest absolute Gasteiger partial charge is 0.305 e. The molecule has 0 radical (unpaired) electrons. The Hall–Kier alpha value is -0.940. The predicted molar refractivity (Wildman–Crippen MR) is 50.7 cm³/mol. The maximum absolute atomic E-state index is 10.4. The highest BCUT2D eigenvalue weighted by Gasteiger charge is 2.13. The second-order valence-electron chi connectivity index (χ2n) is 2.72. The number of thiazole rings is 1. The van der Waals surface area contributed by atoms with E-state index in [0.717, 1.165) is 11.3 Å². The SMILES string of the molecule is CCc1cnc(C(N)CC(=O)O)s1. The van der Waals surface area contributed by atoms with Crippen LogP contribution >= 0.6 is 11.3 Å². The summed E-state index contributed by atoms with van der Waals surface area (Å²) in [5, 5.41) is 9.21. The number of aryl methyl sites for hydroxylation is 1. The molecule has 1 unspecified atom stereocenters. The molecule has 3 N–H and O–H groups in total. The predicted octanol–water partition coefficient (Wildman–Crippen LogP) is 1.18. The van der Waals surface area contributed by atoms with Gasteiger partial charge in [0.1, 0.15) is 5.01 Å². The van der Waals surface area contributed by atoms with Crippen molar-refractivity contribution in [2.75, 3.05) is 0 Å². The molecular formula is C8H12N2O2S. The van der Waals surface area contributed by atoms with Gasteiger partial charge >= 0.3 is 5.97 Å². The molecular weight excluding hydrogens is 188 g/mol. The van der Waals surface area contributed by atoms with Crippen LogP contribution in [0.2, 0.25) is 0 Å². The number of nitrogens with zero attached hydrogens (tertiary/aromatic N) is 1. The fourth-order valence-electron chi connectivity index (χ4n) is 0.933. The van der Waals surface area contributed by atoms with Crippen molar-refractivity contribution in [1.29, 1.82) is 0 Å². The Bertz CT molecular complexity index is 298. The van der Waals surface area contributed by atoms with Crippen molar-refractivity contribution in [2.45, 2.75) is 25.8 Å². The number of hydrogen-bond acceptors (Lipinski definition) is 4. The molecule has 1 atom stereocenters. The summed E-state index contributed by atoms with van der Waals surface area (Å²) in [7, 11) is 0. The third-order valence-electron chi connectivity index (χ3n) is 1.63. The molecule has 0 aliphatic carbocycles. The largest absolute Gasteiger partial charge is 0.481 e. The highest BCUT2D eigenvalue weighted by atomic mass is 32.1. The van der Waals surface area contributed by atoms with Crippen LogP contribution in [0.3, 0.4) is 0 Å². The van der Waals surface area contributed by atoms with Gasteiger partial charge in [0.2, 0.25) is 0 Å². The number of aliphatic carboxylic acids is 1. The van der Waals surface area contributed by atoms with Crippen molar-refractivity contribution in [3.05, 3.63) is 16.1 Å². The lowest BCUT2D eigenvalue weighted by molar-refractivity contribution is -0.137. The summed E-state index contributed by atoms with van der Waals surface area (Å²) in [5.74, 6) is -0.888. The monoisotopic (exact) mass is 200 g/mol. The minimum atomic E-state index is -0.888. The molecule has 0 saturated heterocycles. The number of aromatic nitrogens is 1. The minimum absolute atomic E-state index is 0.0589. The zero-order valence-electron chi connectivity index (χ0n) is 7.36. The lowest BCUT2D eigenvalue weighted by Crippen LogP contribution is -2.14. The van der Waals surface area contributed by atoms with E-state index in [-0.39, 0.29) is 6.42 Å². The Balaban J connectivity index is 2.65. The molecule has 0 fully saturated rings. The normalized spacial score (nSPS) is 12.8. The molecule has 0 spiro atoms. The van der Waals surface area contributed by atoms with Crippen LogP contribution in [0.5, 0.6) is 0 Å². The number of carboxylic acid groups (broad SMARTS) is 1. The van der Waals surface area contributed by atoms with Crippen LogP contribution in [0.4, 0.5) is 0 Å². The average molecular weight is 200 g/mol. The molecule has 5 heteroatoms. The summed E-state index contributed by atoms with van der Waals surface area (Å²) in [6.07, 6.45) is 2.61. The quantitative estimate of drug-likeness (QED) is 0.765. The van der Waals surface area contributed by atoms with Gasteiger partial charge in [-0.25, -0.2) is 4.98 Å². The standard InChI is InChI=1S/C8H12N2O2S/c1-2-5-4-10-8(13-5)6(9)3-7(11)12/h4,6H,2-3,9H2,1H3,(H,11,12). The first-order valence-corrected chi connectivity index (χ1v) is 4.87. The first kappa shape index (κ1) is 10.1. The maximum atomic E-state index is 10.4. The molecule has 72 valence electrons. The van der Waals surface area contributed by atoms with Crippen molar-refractivity contribution >= 4 is 17.3 Å². The van der Waals surface area contributed by atoms with Gasteiger partial charge in [-0.05, 0) is 6.42 Å². The molecule has 0 aromatic carbocycles. The Morgan fingerprint density at radius 2 is 2.54 bits per heavy atom. The third-order valence-corrected chi connectivity index (χ3v) is 2.91. The van der Waals surface area contributed by atoms with E-state index < -0.39 is 12.0 Å². The van der Waals surface area contributed by atoms with Crippen LogP contribution in [0.1, 0.15) is 29.3 Å². The molecule has 1 heterocycles. The molecule has 0 aliphatic heterocycles. The maximum Gasteiger partial charge on any atom is 0.305 e. The van der Waals surface area contributed by atoms with Gasteiger partial charge in [0, 0.05) is 11.1 Å². The van der Waals surface area contributed by atoms with Gasteiger partial charge in [0.25, 0.3) is 0 Å². The summed E-state index contributed by atoms with van der Waals surface area (Å²) in [5.41, 5.74) is 5.63. The van der Waals surface area contributed by atoms with Crippen molar-refractivity contribution in [3.63, 3.8) is 0 Å². The fraction of sp³-hybridized carbons (Fsp3) is 0.500. The van der Waals surface area contributed by atoms with Crippen LogP contribution in [-0.2, 0) is 11.2 Å². The summed E-state index contributed by atoms with van der Waals surface area (Å²) >= 11 is 1.48. The molecule has 1 rings (SSSR count). The van der Waals surface area contributed by atoms with Crippen molar-refractivity contribution in [1.82, 2.24) is 4.98 Å². The number of carboxylic acids is 1. The molecule has 0 bridgehead atoms. The zero-order chi connectivity index (χ0) is 9.84. The van der Waals surface area contributed by atoms with E-state index in [1.54, 1.807) is 6.20 Å². The second kappa shape index (κ2) is 4.34. The number of hydrogen-bond donors (Lipinski definition) is 2. The van der Waals surface area contributed by atoms with Crippen LogP contribution in [0, 0.1) is 0 Å². The molecule has 1 aromatic rings. The van der Waals surface area contributed by atoms with Crippen molar-refractivity contribution in [3.8, 4) is 0 Å². The highest BCUT2D eigenvalue weighted by Crippen LogP contribution is 2.20. The van der Waals surface area contributed by atoms with Gasteiger partial charge < -0.3 is 10.8 Å². The van der Waals surface area contributed by atoms with E-state index in [9.17, 15) is 4.79 Å². The van der Waals surface area contributed by atoms with Gasteiger partial charge in [0.05, 0.1) is 12.5 Å². The van der Waals surface area contributed by atoms with Crippen LogP contribution in [-0.4, -0.2) is 16.1 Å². The fourth-order valence-corrected chi connectivity index (χ4v) is 1.79. The third kappa shape index (κ3) is 2.78. The van der Waals surface area contributed by atoms with E-state index in [1.165, 1.54) is 11.3 Å². The van der Waals surface area contributed by atoms with Crippen LogP contribution in [0.15, 0.2) is 6.20 Å². The zero-order valence-corrected chi connectivity index (χ0v) is 8.17. The Morgan fingerprint density at radius 3 is 3.00 bits per heavy atom. The number of rotatable bonds is 4. The number of nitrogens with two attached hydrogens (primary N) is 1. The second-order valence-corrected chi connectivity index (χ2v) is 3.87. The molecule has 0 amide bonds. The van der Waals surface area contributed by atoms with E-state index in [2.05, 4.69) is 4.98 Å². The Morgan fingerprint density at radius 1 is 1.85 bits per heavy atom. The van der Waals surface area contributed by atoms with Gasteiger partial charge in [-0.1, -0.05) is 6.92 Å². The van der Waals surface area contributed by atoms with E-state index in [0.29, 0.717) is 5.01 Å². The van der Waals surface area contributed by atoms with Crippen LogP contribution < -0.4 is 5.73 Å². The summed E-state index contributed by atoms with van der Waals surface area (Å²) in [4.78, 5) is 15.6. The minimum Gasteiger partial charge on any atom is -0.481 e. The summed E-state index contributed by atoms with van der Waals surface area (Å²) < 4.78 is 0. The molecule has 4 nitrogen and oxygen atoms in total. The summed E-state index contributed by atoms with van der Waals surface area (Å²) in [6, 6.07) is -0.470. The first-order valence-electron chi connectivity index (χ1n) is 4.05. The summed E-state index contributed by atoms with van der Waals surface area (Å²) in [6.45, 7) is 2.03.